The van der Waals surface area contributed by atoms with Crippen molar-refractivity contribution in [1.29, 1.82) is 0 Å². The topological polar surface area (TPSA) is 109 Å². The largest absolute Gasteiger partial charge is 0.417 e. The minimum absolute atomic E-state index is 0.0812. The van der Waals surface area contributed by atoms with Crippen LogP contribution >= 0.6 is 0 Å². The minimum atomic E-state index is -0.675. The lowest BCUT2D eigenvalue weighted by atomic mass is 10.1. The molecule has 3 aromatic heterocycles. The van der Waals surface area contributed by atoms with Crippen LogP contribution in [0.1, 0.15) is 0 Å². The molecule has 5 aromatic rings. The number of nitrogens with zero attached hydrogens (tertiary/aromatic N) is 3. The number of hydrogen-bond acceptors (Lipinski definition) is 7. The van der Waals surface area contributed by atoms with Gasteiger partial charge in [-0.25, -0.2) is 18.6 Å². The van der Waals surface area contributed by atoms with Crippen LogP contribution in [0.4, 0.5) is 31.9 Å². The fourth-order valence-corrected chi connectivity index (χ4v) is 3.16. The van der Waals surface area contributed by atoms with Crippen molar-refractivity contribution in [3.8, 4) is 11.1 Å². The van der Waals surface area contributed by atoms with E-state index in [0.717, 1.165) is 6.20 Å². The summed E-state index contributed by atoms with van der Waals surface area (Å²) >= 11 is 0. The summed E-state index contributed by atoms with van der Waals surface area (Å²) < 4.78 is 33.5. The Labute approximate surface area is 179 Å². The number of benzene rings is 2. The van der Waals surface area contributed by atoms with Gasteiger partial charge in [0.05, 0.1) is 11.7 Å². The van der Waals surface area contributed by atoms with Crippen LogP contribution in [-0.2, 0) is 0 Å². The third-order valence-electron chi connectivity index (χ3n) is 4.62. The standard InChI is InChI=1S/C22H14F2N6O2/c23-16-5-3-13(8-15(16)12-2-1-7-25-10-12)28-21-26-11-17(24)20(30-21)27-14-4-6-19-18(9-14)29-22(31)32-19/h1-11H,(H,29,31)(H2,26,27,28,30). The van der Waals surface area contributed by atoms with E-state index < -0.39 is 17.4 Å². The smallest absolute Gasteiger partial charge is 0.408 e. The SMILES string of the molecule is O=c1[nH]c2cc(Nc3nc(Nc4ccc(F)c(-c5cccnc5)c4)ncc3F)ccc2o1. The summed E-state index contributed by atoms with van der Waals surface area (Å²) in [6.45, 7) is 0. The van der Waals surface area contributed by atoms with E-state index in [9.17, 15) is 13.6 Å². The predicted molar refractivity (Wildman–Crippen MR) is 115 cm³/mol. The minimum Gasteiger partial charge on any atom is -0.408 e. The van der Waals surface area contributed by atoms with Crippen molar-refractivity contribution >= 4 is 34.2 Å². The van der Waals surface area contributed by atoms with Gasteiger partial charge in [0.2, 0.25) is 5.95 Å². The lowest BCUT2D eigenvalue weighted by molar-refractivity contribution is 0.555. The number of fused-ring (bicyclic) bond motifs is 1. The molecule has 0 saturated carbocycles. The zero-order valence-corrected chi connectivity index (χ0v) is 16.3. The number of aromatic amines is 1. The van der Waals surface area contributed by atoms with Crippen LogP contribution in [0.15, 0.2) is 76.3 Å². The molecule has 0 radical (unpaired) electrons. The number of oxazole rings is 1. The van der Waals surface area contributed by atoms with Gasteiger partial charge in [-0.2, -0.15) is 4.98 Å². The number of hydrogen-bond donors (Lipinski definition) is 3. The summed E-state index contributed by atoms with van der Waals surface area (Å²) in [6, 6.07) is 12.7. The molecule has 2 aromatic carbocycles. The third kappa shape index (κ3) is 3.88. The number of H-pyrrole nitrogens is 1. The Bertz CT molecular complexity index is 1480. The Hall–Kier alpha value is -4.60. The molecule has 0 aliphatic carbocycles. The fraction of sp³-hybridized carbons (Fsp3) is 0. The predicted octanol–water partition coefficient (Wildman–Crippen LogP) is 4.74. The molecule has 0 unspecified atom stereocenters. The maximum absolute atomic E-state index is 14.3. The maximum atomic E-state index is 14.3. The molecule has 10 heteroatoms. The Morgan fingerprint density at radius 2 is 1.78 bits per heavy atom. The highest BCUT2D eigenvalue weighted by atomic mass is 19.1. The molecule has 0 saturated heterocycles. The van der Waals surface area contributed by atoms with Crippen LogP contribution in [0.3, 0.4) is 0 Å². The van der Waals surface area contributed by atoms with Crippen molar-refractivity contribution in [2.75, 3.05) is 10.6 Å². The van der Waals surface area contributed by atoms with Gasteiger partial charge in [0.15, 0.2) is 17.2 Å². The van der Waals surface area contributed by atoms with E-state index in [1.807, 2.05) is 0 Å². The van der Waals surface area contributed by atoms with Gasteiger partial charge in [-0.3, -0.25) is 9.97 Å². The van der Waals surface area contributed by atoms with Crippen LogP contribution in [0.25, 0.3) is 22.2 Å². The molecule has 0 bridgehead atoms. The van der Waals surface area contributed by atoms with Crippen LogP contribution in [0, 0.1) is 11.6 Å². The van der Waals surface area contributed by atoms with Crippen LogP contribution in [0.2, 0.25) is 0 Å². The fourth-order valence-electron chi connectivity index (χ4n) is 3.16. The Kier molecular flexibility index (Phi) is 4.79. The third-order valence-corrected chi connectivity index (χ3v) is 4.62. The van der Waals surface area contributed by atoms with E-state index in [0.29, 0.717) is 33.6 Å². The quantitative estimate of drug-likeness (QED) is 0.368. The molecule has 3 N–H and O–H groups in total. The number of nitrogens with one attached hydrogen (secondary N) is 3. The van der Waals surface area contributed by atoms with Gasteiger partial charge < -0.3 is 15.1 Å². The first kappa shape index (κ1) is 19.4. The molecule has 158 valence electrons. The molecular formula is C22H14F2N6O2. The molecule has 5 rings (SSSR count). The average Bonchev–Trinajstić information content (AvgIpc) is 3.17. The summed E-state index contributed by atoms with van der Waals surface area (Å²) in [5, 5.41) is 5.80. The second-order valence-corrected chi connectivity index (χ2v) is 6.80. The highest BCUT2D eigenvalue weighted by Crippen LogP contribution is 2.27. The summed E-state index contributed by atoms with van der Waals surface area (Å²) in [6.07, 6.45) is 4.18. The lowest BCUT2D eigenvalue weighted by Gasteiger charge is -2.11. The zero-order chi connectivity index (χ0) is 22.1. The number of aromatic nitrogens is 4. The van der Waals surface area contributed by atoms with Crippen molar-refractivity contribution in [3.63, 3.8) is 0 Å². The second kappa shape index (κ2) is 7.91. The number of pyridine rings is 1. The maximum Gasteiger partial charge on any atom is 0.417 e. The Balaban J connectivity index is 1.42. The van der Waals surface area contributed by atoms with E-state index in [1.165, 1.54) is 12.1 Å². The van der Waals surface area contributed by atoms with Gasteiger partial charge in [-0.05, 0) is 42.5 Å². The van der Waals surface area contributed by atoms with E-state index >= 15 is 0 Å². The normalized spacial score (nSPS) is 10.9. The van der Waals surface area contributed by atoms with E-state index in [-0.39, 0.29) is 11.8 Å². The van der Waals surface area contributed by atoms with Gasteiger partial charge in [0.1, 0.15) is 5.82 Å². The number of rotatable bonds is 5. The molecule has 0 atom stereocenters. The average molecular weight is 432 g/mol. The number of halogens is 2. The van der Waals surface area contributed by atoms with E-state index in [1.54, 1.807) is 48.8 Å². The summed E-state index contributed by atoms with van der Waals surface area (Å²) in [5.74, 6) is -1.63. The molecule has 0 amide bonds. The second-order valence-electron chi connectivity index (χ2n) is 6.80. The molecule has 0 spiro atoms. The van der Waals surface area contributed by atoms with Crippen LogP contribution in [-0.4, -0.2) is 19.9 Å². The van der Waals surface area contributed by atoms with Gasteiger partial charge in [-0.1, -0.05) is 6.07 Å². The first-order valence-corrected chi connectivity index (χ1v) is 9.44. The van der Waals surface area contributed by atoms with Crippen molar-refractivity contribution in [1.82, 2.24) is 19.9 Å². The first-order chi connectivity index (χ1) is 15.5. The summed E-state index contributed by atoms with van der Waals surface area (Å²) in [4.78, 5) is 26.0. The van der Waals surface area contributed by atoms with Gasteiger partial charge in [-0.15, -0.1) is 0 Å². The van der Waals surface area contributed by atoms with Gasteiger partial charge in [0.25, 0.3) is 0 Å². The van der Waals surface area contributed by atoms with Crippen LogP contribution < -0.4 is 16.4 Å². The van der Waals surface area contributed by atoms with Crippen LogP contribution in [0.5, 0.6) is 0 Å². The molecule has 8 nitrogen and oxygen atoms in total. The molecular weight excluding hydrogens is 418 g/mol. The van der Waals surface area contributed by atoms with Crippen molar-refractivity contribution in [2.45, 2.75) is 0 Å². The molecule has 32 heavy (non-hydrogen) atoms. The van der Waals surface area contributed by atoms with Gasteiger partial charge >= 0.3 is 5.76 Å². The van der Waals surface area contributed by atoms with E-state index in [4.69, 9.17) is 4.42 Å². The van der Waals surface area contributed by atoms with E-state index in [2.05, 4.69) is 30.6 Å². The molecule has 3 heterocycles. The summed E-state index contributed by atoms with van der Waals surface area (Å²) in [7, 11) is 0. The number of anilines is 4. The molecule has 0 aliphatic heterocycles. The highest BCUT2D eigenvalue weighted by Gasteiger charge is 2.11. The lowest BCUT2D eigenvalue weighted by Crippen LogP contribution is -2.03. The van der Waals surface area contributed by atoms with Crippen molar-refractivity contribution in [3.05, 3.63) is 89.3 Å². The molecule has 0 aliphatic rings. The monoisotopic (exact) mass is 432 g/mol. The Morgan fingerprint density at radius 1 is 0.938 bits per heavy atom. The zero-order valence-electron chi connectivity index (χ0n) is 16.3. The highest BCUT2D eigenvalue weighted by molar-refractivity contribution is 5.78. The Morgan fingerprint density at radius 3 is 2.62 bits per heavy atom. The summed E-state index contributed by atoms with van der Waals surface area (Å²) in [5.41, 5.74) is 2.81. The van der Waals surface area contributed by atoms with Crippen molar-refractivity contribution in [2.24, 2.45) is 0 Å². The van der Waals surface area contributed by atoms with Crippen molar-refractivity contribution < 1.29 is 13.2 Å². The molecule has 0 fully saturated rings. The first-order valence-electron chi connectivity index (χ1n) is 9.44. The van der Waals surface area contributed by atoms with Gasteiger partial charge in [0, 0.05) is 34.9 Å².